The van der Waals surface area contributed by atoms with Crippen molar-refractivity contribution in [2.45, 2.75) is 39.3 Å². The zero-order chi connectivity index (χ0) is 11.2. The minimum absolute atomic E-state index is 0.142. The molecule has 1 unspecified atom stereocenters. The summed E-state index contributed by atoms with van der Waals surface area (Å²) >= 11 is 0. The van der Waals surface area contributed by atoms with Crippen LogP contribution in [-0.4, -0.2) is 30.8 Å². The highest BCUT2D eigenvalue weighted by Gasteiger charge is 2.17. The van der Waals surface area contributed by atoms with Crippen molar-refractivity contribution in [3.63, 3.8) is 0 Å². The number of hydrogen-bond donors (Lipinski definition) is 1. The minimum Gasteiger partial charge on any atom is -0.466 e. The number of carbonyl (C=O) groups is 2. The summed E-state index contributed by atoms with van der Waals surface area (Å²) in [5.41, 5.74) is -0.519. The van der Waals surface area contributed by atoms with Gasteiger partial charge >= 0.3 is 6.09 Å². The van der Waals surface area contributed by atoms with Crippen molar-refractivity contribution >= 4 is 12.6 Å². The van der Waals surface area contributed by atoms with Crippen molar-refractivity contribution in [3.8, 4) is 0 Å². The molecule has 0 radical (unpaired) electrons. The van der Waals surface area contributed by atoms with Crippen molar-refractivity contribution in [2.75, 3.05) is 6.61 Å². The van der Waals surface area contributed by atoms with E-state index in [9.17, 15) is 9.59 Å². The molecule has 5 heteroatoms. The van der Waals surface area contributed by atoms with E-state index in [0.717, 1.165) is 0 Å². The van der Waals surface area contributed by atoms with Gasteiger partial charge in [0.1, 0.15) is 12.2 Å². The molecule has 14 heavy (non-hydrogen) atoms. The summed E-state index contributed by atoms with van der Waals surface area (Å²) in [4.78, 5) is 21.0. The molecule has 5 nitrogen and oxygen atoms in total. The molecule has 0 heterocycles. The normalized spacial score (nSPS) is 12.9. The van der Waals surface area contributed by atoms with Gasteiger partial charge in [-0.15, -0.1) is 0 Å². The average Bonchev–Trinajstić information content (AvgIpc) is 1.96. The third kappa shape index (κ3) is 7.39. The van der Waals surface area contributed by atoms with E-state index < -0.39 is 11.7 Å². The van der Waals surface area contributed by atoms with Crippen molar-refractivity contribution in [2.24, 2.45) is 0 Å². The number of ether oxygens (including phenoxy) is 2. The summed E-state index contributed by atoms with van der Waals surface area (Å²) in [7, 11) is 0. The summed E-state index contributed by atoms with van der Waals surface area (Å²) in [5, 5.41) is 2.53. The minimum atomic E-state index is -0.519. The third-order valence-corrected chi connectivity index (χ3v) is 1.18. The molecular formula is C9H17NO4. The summed E-state index contributed by atoms with van der Waals surface area (Å²) in [6.07, 6.45) is -0.514. The highest BCUT2D eigenvalue weighted by molar-refractivity contribution is 5.68. The van der Waals surface area contributed by atoms with Crippen LogP contribution in [0, 0.1) is 0 Å². The first-order chi connectivity index (χ1) is 6.35. The summed E-state index contributed by atoms with van der Waals surface area (Å²) in [6.45, 7) is 7.53. The molecule has 0 aromatic carbocycles. The first-order valence-electron chi connectivity index (χ1n) is 4.40. The Hall–Kier alpha value is -1.26. The van der Waals surface area contributed by atoms with E-state index >= 15 is 0 Å². The van der Waals surface area contributed by atoms with Crippen LogP contribution in [0.4, 0.5) is 4.79 Å². The van der Waals surface area contributed by atoms with Gasteiger partial charge in [-0.1, -0.05) is 0 Å². The quantitative estimate of drug-likeness (QED) is 0.694. The molecule has 0 rings (SSSR count). The van der Waals surface area contributed by atoms with Crippen LogP contribution in [0.25, 0.3) is 0 Å². The number of nitrogens with one attached hydrogen (secondary N) is 1. The highest BCUT2D eigenvalue weighted by Crippen LogP contribution is 2.06. The van der Waals surface area contributed by atoms with Gasteiger partial charge in [-0.3, -0.25) is 4.79 Å². The zero-order valence-corrected chi connectivity index (χ0v) is 8.99. The van der Waals surface area contributed by atoms with Crippen molar-refractivity contribution < 1.29 is 19.1 Å². The Morgan fingerprint density at radius 1 is 1.50 bits per heavy atom. The van der Waals surface area contributed by atoms with Gasteiger partial charge in [-0.2, -0.15) is 0 Å². The molecule has 0 saturated carbocycles. The fraction of sp³-hybridized carbons (Fsp3) is 0.778. The van der Waals surface area contributed by atoms with Gasteiger partial charge in [0.25, 0.3) is 6.47 Å². The van der Waals surface area contributed by atoms with Gasteiger partial charge in [0, 0.05) is 0 Å². The number of alkyl carbamates (subject to hydrolysis) is 1. The number of amides is 1. The second-order valence-corrected chi connectivity index (χ2v) is 3.98. The van der Waals surface area contributed by atoms with Crippen LogP contribution < -0.4 is 5.32 Å². The average molecular weight is 203 g/mol. The van der Waals surface area contributed by atoms with Crippen LogP contribution in [-0.2, 0) is 14.3 Å². The molecule has 82 valence electrons. The monoisotopic (exact) mass is 203 g/mol. The number of carbonyl (C=O) groups excluding carboxylic acids is 2. The molecule has 1 amide bonds. The topological polar surface area (TPSA) is 64.6 Å². The zero-order valence-electron chi connectivity index (χ0n) is 8.99. The van der Waals surface area contributed by atoms with Crippen molar-refractivity contribution in [1.29, 1.82) is 0 Å². The highest BCUT2D eigenvalue weighted by atomic mass is 16.6. The lowest BCUT2D eigenvalue weighted by Crippen LogP contribution is -2.39. The van der Waals surface area contributed by atoms with Crippen LogP contribution in [0.5, 0.6) is 0 Å². The lowest BCUT2D eigenvalue weighted by Gasteiger charge is -2.21. The maximum absolute atomic E-state index is 11.2. The van der Waals surface area contributed by atoms with E-state index in [2.05, 4.69) is 10.1 Å². The van der Waals surface area contributed by atoms with Gasteiger partial charge in [0.05, 0.1) is 6.04 Å². The molecular weight excluding hydrogens is 186 g/mol. The fourth-order valence-corrected chi connectivity index (χ4v) is 0.734. The molecule has 0 aliphatic carbocycles. The predicted molar refractivity (Wildman–Crippen MR) is 50.8 cm³/mol. The Bertz CT molecular complexity index is 197. The lowest BCUT2D eigenvalue weighted by atomic mass is 10.2. The molecule has 0 spiro atoms. The summed E-state index contributed by atoms with van der Waals surface area (Å²) in [5.74, 6) is 0. The van der Waals surface area contributed by atoms with E-state index in [-0.39, 0.29) is 12.6 Å². The molecule has 0 aromatic rings. The molecule has 1 N–H and O–H groups in total. The van der Waals surface area contributed by atoms with Crippen molar-refractivity contribution in [1.82, 2.24) is 5.32 Å². The van der Waals surface area contributed by atoms with Gasteiger partial charge in [-0.05, 0) is 27.7 Å². The van der Waals surface area contributed by atoms with E-state index in [1.54, 1.807) is 27.7 Å². The van der Waals surface area contributed by atoms with Gasteiger partial charge < -0.3 is 14.8 Å². The summed E-state index contributed by atoms with van der Waals surface area (Å²) < 4.78 is 9.47. The van der Waals surface area contributed by atoms with Gasteiger partial charge in [0.15, 0.2) is 0 Å². The Morgan fingerprint density at radius 3 is 2.50 bits per heavy atom. The maximum Gasteiger partial charge on any atom is 0.407 e. The third-order valence-electron chi connectivity index (χ3n) is 1.18. The molecule has 0 fully saturated rings. The molecule has 1 atom stereocenters. The second-order valence-electron chi connectivity index (χ2n) is 3.98. The van der Waals surface area contributed by atoms with E-state index in [1.807, 2.05) is 0 Å². The van der Waals surface area contributed by atoms with Crippen LogP contribution in [0.15, 0.2) is 0 Å². The molecule has 0 aromatic heterocycles. The van der Waals surface area contributed by atoms with E-state index in [1.165, 1.54) is 0 Å². The standard InChI is InChI=1S/C9H17NO4/c1-7(5-13-6-11)10-8(12)14-9(2,3)4/h6-7H,5H2,1-4H3,(H,10,12). The number of hydrogen-bond acceptors (Lipinski definition) is 4. The summed E-state index contributed by atoms with van der Waals surface area (Å²) in [6, 6.07) is -0.255. The van der Waals surface area contributed by atoms with Gasteiger partial charge in [-0.25, -0.2) is 4.79 Å². The SMILES string of the molecule is CC(COC=O)NC(=O)OC(C)(C)C. The first kappa shape index (κ1) is 12.7. The maximum atomic E-state index is 11.2. The van der Waals surface area contributed by atoms with Crippen LogP contribution in [0.3, 0.4) is 0 Å². The van der Waals surface area contributed by atoms with Crippen LogP contribution in [0.2, 0.25) is 0 Å². The molecule has 0 aliphatic rings. The Kier molecular flexibility index (Phi) is 4.97. The Morgan fingerprint density at radius 2 is 2.07 bits per heavy atom. The van der Waals surface area contributed by atoms with E-state index in [0.29, 0.717) is 6.47 Å². The Labute approximate surface area is 83.8 Å². The first-order valence-corrected chi connectivity index (χ1v) is 4.40. The molecule has 0 saturated heterocycles. The fourth-order valence-electron chi connectivity index (χ4n) is 0.734. The Balaban J connectivity index is 3.76. The predicted octanol–water partition coefficient (Wildman–Crippen LogP) is 1.07. The van der Waals surface area contributed by atoms with Gasteiger partial charge in [0.2, 0.25) is 0 Å². The lowest BCUT2D eigenvalue weighted by molar-refractivity contribution is -0.129. The molecule has 0 bridgehead atoms. The smallest absolute Gasteiger partial charge is 0.407 e. The largest absolute Gasteiger partial charge is 0.466 e. The van der Waals surface area contributed by atoms with Crippen molar-refractivity contribution in [3.05, 3.63) is 0 Å². The van der Waals surface area contributed by atoms with E-state index in [4.69, 9.17) is 4.74 Å². The molecule has 0 aliphatic heterocycles. The van der Waals surface area contributed by atoms with Crippen LogP contribution >= 0.6 is 0 Å². The number of rotatable bonds is 4. The van der Waals surface area contributed by atoms with Crippen LogP contribution in [0.1, 0.15) is 27.7 Å². The second kappa shape index (κ2) is 5.47.